The van der Waals surface area contributed by atoms with Gasteiger partial charge in [-0.05, 0) is 33.7 Å². The Balaban J connectivity index is 1.61. The van der Waals surface area contributed by atoms with Crippen LogP contribution >= 0.6 is 0 Å². The number of alkyl halides is 3. The Kier molecular flexibility index (Phi) is 5.34. The molecule has 0 aliphatic heterocycles. The number of nitrogens with zero attached hydrogens (tertiary/aromatic N) is 4. The van der Waals surface area contributed by atoms with Gasteiger partial charge in [0.05, 0.1) is 5.69 Å². The third-order valence-corrected chi connectivity index (χ3v) is 3.53. The largest absolute Gasteiger partial charge is 0.453 e. The molecule has 27 heavy (non-hydrogen) atoms. The highest BCUT2D eigenvalue weighted by molar-refractivity contribution is 5.67. The minimum Gasteiger partial charge on any atom is -0.445 e. The zero-order chi connectivity index (χ0) is 19.3. The molecule has 0 radical (unpaired) electrons. The minimum atomic E-state index is -4.68. The van der Waals surface area contributed by atoms with Gasteiger partial charge < -0.3 is 10.1 Å². The standard InChI is InChI=1S/C17H14F3N5O2/c18-17(19,20)15-22-23-24-25(15)14-8-4-7-13(9-14)10-21-16(26)27-11-12-5-2-1-3-6-12/h1-9H,10-11H2,(H,21,26). The fourth-order valence-electron chi connectivity index (χ4n) is 2.28. The van der Waals surface area contributed by atoms with E-state index in [4.69, 9.17) is 4.74 Å². The van der Waals surface area contributed by atoms with Crippen LogP contribution in [0.25, 0.3) is 5.69 Å². The van der Waals surface area contributed by atoms with Gasteiger partial charge in [0.25, 0.3) is 5.82 Å². The van der Waals surface area contributed by atoms with E-state index in [1.165, 1.54) is 12.1 Å². The van der Waals surface area contributed by atoms with Crippen LogP contribution < -0.4 is 5.32 Å². The van der Waals surface area contributed by atoms with Crippen molar-refractivity contribution in [2.24, 2.45) is 0 Å². The predicted molar refractivity (Wildman–Crippen MR) is 87.6 cm³/mol. The summed E-state index contributed by atoms with van der Waals surface area (Å²) >= 11 is 0. The van der Waals surface area contributed by atoms with Crippen LogP contribution in [-0.2, 0) is 24.1 Å². The Bertz CT molecular complexity index is 912. The molecule has 0 bridgehead atoms. The lowest BCUT2D eigenvalue weighted by molar-refractivity contribution is -0.146. The maximum absolute atomic E-state index is 12.9. The zero-order valence-corrected chi connectivity index (χ0v) is 13.8. The van der Waals surface area contributed by atoms with Gasteiger partial charge in [0.15, 0.2) is 0 Å². The molecule has 0 aliphatic rings. The fourth-order valence-corrected chi connectivity index (χ4v) is 2.28. The van der Waals surface area contributed by atoms with Gasteiger partial charge >= 0.3 is 12.3 Å². The number of nitrogens with one attached hydrogen (secondary N) is 1. The van der Waals surface area contributed by atoms with E-state index >= 15 is 0 Å². The van der Waals surface area contributed by atoms with E-state index in [1.54, 1.807) is 12.1 Å². The Hall–Kier alpha value is -3.43. The summed E-state index contributed by atoms with van der Waals surface area (Å²) in [4.78, 5) is 11.8. The van der Waals surface area contributed by atoms with E-state index in [0.717, 1.165) is 5.56 Å². The molecule has 1 heterocycles. The number of hydrogen-bond donors (Lipinski definition) is 1. The average Bonchev–Trinajstić information content (AvgIpc) is 3.16. The van der Waals surface area contributed by atoms with E-state index in [1.807, 2.05) is 30.3 Å². The Morgan fingerprint density at radius 2 is 1.81 bits per heavy atom. The molecule has 2 aromatic carbocycles. The Morgan fingerprint density at radius 1 is 1.07 bits per heavy atom. The van der Waals surface area contributed by atoms with E-state index in [0.29, 0.717) is 10.2 Å². The third kappa shape index (κ3) is 4.81. The van der Waals surface area contributed by atoms with Crippen LogP contribution in [0.1, 0.15) is 17.0 Å². The maximum Gasteiger partial charge on any atom is 0.453 e. The highest BCUT2D eigenvalue weighted by Crippen LogP contribution is 2.28. The molecule has 0 saturated carbocycles. The smallest absolute Gasteiger partial charge is 0.445 e. The molecule has 0 saturated heterocycles. The lowest BCUT2D eigenvalue weighted by atomic mass is 10.2. The van der Waals surface area contributed by atoms with E-state index in [9.17, 15) is 18.0 Å². The molecule has 1 N–H and O–H groups in total. The first kappa shape index (κ1) is 18.4. The molecule has 3 rings (SSSR count). The summed E-state index contributed by atoms with van der Waals surface area (Å²) in [6.07, 6.45) is -5.32. The van der Waals surface area contributed by atoms with Crippen LogP contribution in [0.2, 0.25) is 0 Å². The molecular formula is C17H14F3N5O2. The lowest BCUT2D eigenvalue weighted by Crippen LogP contribution is -2.23. The number of carbonyl (C=O) groups is 1. The fraction of sp³-hybridized carbons (Fsp3) is 0.176. The number of halogens is 3. The van der Waals surface area contributed by atoms with E-state index in [2.05, 4.69) is 20.8 Å². The van der Waals surface area contributed by atoms with Crippen molar-refractivity contribution < 1.29 is 22.7 Å². The maximum atomic E-state index is 12.9. The molecule has 10 heteroatoms. The quantitative estimate of drug-likeness (QED) is 0.739. The number of rotatable bonds is 5. The van der Waals surface area contributed by atoms with Crippen molar-refractivity contribution in [2.45, 2.75) is 19.3 Å². The number of carbonyl (C=O) groups excluding carboxylic acids is 1. The summed E-state index contributed by atoms with van der Waals surface area (Å²) < 4.78 is 44.4. The van der Waals surface area contributed by atoms with Crippen LogP contribution in [0.15, 0.2) is 54.6 Å². The molecule has 0 spiro atoms. The summed E-state index contributed by atoms with van der Waals surface area (Å²) in [6, 6.07) is 15.2. The van der Waals surface area contributed by atoms with Gasteiger partial charge in [0, 0.05) is 6.54 Å². The number of alkyl carbamates (subject to hydrolysis) is 1. The topological polar surface area (TPSA) is 81.9 Å². The van der Waals surface area contributed by atoms with Gasteiger partial charge in [0.1, 0.15) is 6.61 Å². The number of aromatic nitrogens is 4. The number of hydrogen-bond acceptors (Lipinski definition) is 5. The van der Waals surface area contributed by atoms with Crippen molar-refractivity contribution in [1.82, 2.24) is 25.5 Å². The second kappa shape index (κ2) is 7.85. The van der Waals surface area contributed by atoms with Crippen molar-refractivity contribution in [3.8, 4) is 5.69 Å². The summed E-state index contributed by atoms with van der Waals surface area (Å²) in [5.41, 5.74) is 1.53. The average molecular weight is 377 g/mol. The van der Waals surface area contributed by atoms with Gasteiger partial charge in [-0.2, -0.15) is 17.9 Å². The third-order valence-electron chi connectivity index (χ3n) is 3.53. The summed E-state index contributed by atoms with van der Waals surface area (Å²) in [7, 11) is 0. The monoisotopic (exact) mass is 377 g/mol. The molecule has 0 atom stereocenters. The molecular weight excluding hydrogens is 363 g/mol. The first-order valence-corrected chi connectivity index (χ1v) is 7.83. The predicted octanol–water partition coefficient (Wildman–Crippen LogP) is 3.11. The number of tetrazole rings is 1. The normalized spacial score (nSPS) is 11.2. The van der Waals surface area contributed by atoms with Gasteiger partial charge in [0.2, 0.25) is 0 Å². The summed E-state index contributed by atoms with van der Waals surface area (Å²) in [6.45, 7) is 0.192. The first-order valence-electron chi connectivity index (χ1n) is 7.83. The first-order chi connectivity index (χ1) is 12.9. The van der Waals surface area contributed by atoms with E-state index in [-0.39, 0.29) is 18.8 Å². The van der Waals surface area contributed by atoms with Crippen LogP contribution in [-0.4, -0.2) is 26.3 Å². The SMILES string of the molecule is O=C(NCc1cccc(-n2nnnc2C(F)(F)F)c1)OCc1ccccc1. The second-order valence-corrected chi connectivity index (χ2v) is 5.50. The molecule has 1 amide bonds. The molecule has 0 aliphatic carbocycles. The Labute approximate surface area is 151 Å². The zero-order valence-electron chi connectivity index (χ0n) is 13.8. The minimum absolute atomic E-state index is 0.0743. The van der Waals surface area contributed by atoms with Crippen LogP contribution in [0.5, 0.6) is 0 Å². The number of ether oxygens (including phenoxy) is 1. The highest BCUT2D eigenvalue weighted by atomic mass is 19.4. The second-order valence-electron chi connectivity index (χ2n) is 5.50. The molecule has 1 aromatic heterocycles. The summed E-state index contributed by atoms with van der Waals surface area (Å²) in [5.74, 6) is -1.23. The van der Waals surface area contributed by atoms with Crippen molar-refractivity contribution in [2.75, 3.05) is 0 Å². The van der Waals surface area contributed by atoms with Crippen LogP contribution in [0.3, 0.4) is 0 Å². The molecule has 140 valence electrons. The van der Waals surface area contributed by atoms with Gasteiger partial charge in [-0.15, -0.1) is 5.10 Å². The molecule has 7 nitrogen and oxygen atoms in total. The summed E-state index contributed by atoms with van der Waals surface area (Å²) in [5, 5.41) is 12.0. The lowest BCUT2D eigenvalue weighted by Gasteiger charge is -2.10. The molecule has 0 unspecified atom stereocenters. The van der Waals surface area contributed by atoms with Gasteiger partial charge in [-0.1, -0.05) is 42.5 Å². The Morgan fingerprint density at radius 3 is 2.56 bits per heavy atom. The number of amides is 1. The van der Waals surface area contributed by atoms with Crippen molar-refractivity contribution in [1.29, 1.82) is 0 Å². The van der Waals surface area contributed by atoms with Gasteiger partial charge in [-0.25, -0.2) is 4.79 Å². The van der Waals surface area contributed by atoms with Crippen molar-refractivity contribution in [3.05, 3.63) is 71.5 Å². The van der Waals surface area contributed by atoms with Crippen molar-refractivity contribution in [3.63, 3.8) is 0 Å². The molecule has 3 aromatic rings. The van der Waals surface area contributed by atoms with Crippen molar-refractivity contribution >= 4 is 6.09 Å². The van der Waals surface area contributed by atoms with Crippen LogP contribution in [0, 0.1) is 0 Å². The number of benzene rings is 2. The van der Waals surface area contributed by atoms with Gasteiger partial charge in [-0.3, -0.25) is 0 Å². The molecule has 0 fully saturated rings. The highest BCUT2D eigenvalue weighted by Gasteiger charge is 2.38. The van der Waals surface area contributed by atoms with E-state index < -0.39 is 18.1 Å². The van der Waals surface area contributed by atoms with Crippen LogP contribution in [0.4, 0.5) is 18.0 Å².